The zero-order valence-electron chi connectivity index (χ0n) is 9.40. The van der Waals surface area contributed by atoms with Crippen LogP contribution >= 0.6 is 0 Å². The Balaban J connectivity index is 2.10. The number of carbonyl (C=O) groups is 1. The molecule has 18 heavy (non-hydrogen) atoms. The van der Waals surface area contributed by atoms with Crippen LogP contribution in [0.4, 0.5) is 13.2 Å². The highest BCUT2D eigenvalue weighted by atomic mass is 32.2. The first-order chi connectivity index (χ1) is 8.22. The van der Waals surface area contributed by atoms with Gasteiger partial charge in [0.15, 0.2) is 0 Å². The molecule has 0 radical (unpaired) electrons. The van der Waals surface area contributed by atoms with Gasteiger partial charge in [-0.05, 0) is 18.8 Å². The number of alkyl halides is 3. The van der Waals surface area contributed by atoms with Gasteiger partial charge in [0.1, 0.15) is 0 Å². The van der Waals surface area contributed by atoms with Crippen LogP contribution in [0.3, 0.4) is 0 Å². The van der Waals surface area contributed by atoms with E-state index >= 15 is 0 Å². The molecule has 9 heteroatoms. The third kappa shape index (κ3) is 2.33. The van der Waals surface area contributed by atoms with Gasteiger partial charge in [-0.15, -0.1) is 0 Å². The van der Waals surface area contributed by atoms with E-state index in [1.54, 1.807) is 0 Å². The number of nitrogens with one attached hydrogen (secondary N) is 1. The van der Waals surface area contributed by atoms with E-state index in [0.29, 0.717) is 10.7 Å². The van der Waals surface area contributed by atoms with Gasteiger partial charge in [-0.1, -0.05) is 0 Å². The van der Waals surface area contributed by atoms with E-state index < -0.39 is 15.5 Å². The number of fused-ring (bicyclic) bond motifs is 1. The molecule has 0 saturated carbocycles. The zero-order valence-corrected chi connectivity index (χ0v) is 10.2. The maximum atomic E-state index is 12.4. The molecule has 0 aliphatic carbocycles. The van der Waals surface area contributed by atoms with Gasteiger partial charge in [0.25, 0.3) is 0 Å². The summed E-state index contributed by atoms with van der Waals surface area (Å²) in [5.74, 6) is -0.350. The van der Waals surface area contributed by atoms with Crippen molar-refractivity contribution in [2.75, 3.05) is 13.1 Å². The summed E-state index contributed by atoms with van der Waals surface area (Å²) in [5, 5.41) is 2.69. The maximum Gasteiger partial charge on any atom is 0.511 e. The Kier molecular flexibility index (Phi) is 3.30. The van der Waals surface area contributed by atoms with Crippen LogP contribution in [0.25, 0.3) is 0 Å². The Morgan fingerprint density at radius 1 is 1.28 bits per heavy atom. The second kappa shape index (κ2) is 4.37. The van der Waals surface area contributed by atoms with E-state index in [2.05, 4.69) is 5.32 Å². The van der Waals surface area contributed by atoms with Gasteiger partial charge < -0.3 is 5.32 Å². The van der Waals surface area contributed by atoms with Crippen LogP contribution in [0.5, 0.6) is 0 Å². The lowest BCUT2D eigenvalue weighted by Crippen LogP contribution is -2.56. The molecule has 1 amide bonds. The number of rotatable bonds is 1. The third-order valence-corrected chi connectivity index (χ3v) is 5.01. The van der Waals surface area contributed by atoms with Crippen molar-refractivity contribution in [2.45, 2.75) is 30.8 Å². The van der Waals surface area contributed by atoms with Crippen LogP contribution in [0.1, 0.15) is 19.3 Å². The summed E-state index contributed by atoms with van der Waals surface area (Å²) in [5.41, 5.74) is -5.25. The minimum Gasteiger partial charge on any atom is -0.353 e. The fourth-order valence-electron chi connectivity index (χ4n) is 2.44. The van der Waals surface area contributed by atoms with E-state index in [-0.39, 0.29) is 43.8 Å². The number of nitrogens with zero attached hydrogens (tertiary/aromatic N) is 1. The first kappa shape index (κ1) is 13.6. The summed E-state index contributed by atoms with van der Waals surface area (Å²) >= 11 is 0. The quantitative estimate of drug-likeness (QED) is 0.760. The van der Waals surface area contributed by atoms with Crippen molar-refractivity contribution in [3.63, 3.8) is 0 Å². The number of hydrogen-bond donors (Lipinski definition) is 1. The molecular weight excluding hydrogens is 273 g/mol. The Labute approximate surface area is 102 Å². The molecule has 0 spiro atoms. The average molecular weight is 286 g/mol. The predicted molar refractivity (Wildman–Crippen MR) is 55.8 cm³/mol. The van der Waals surface area contributed by atoms with E-state index in [1.807, 2.05) is 0 Å². The number of sulfonamides is 1. The lowest BCUT2D eigenvalue weighted by atomic mass is 9.86. The summed E-state index contributed by atoms with van der Waals surface area (Å²) in [6.45, 7) is -0.379. The van der Waals surface area contributed by atoms with Crippen molar-refractivity contribution in [3.8, 4) is 0 Å². The van der Waals surface area contributed by atoms with Crippen molar-refractivity contribution < 1.29 is 26.4 Å². The van der Waals surface area contributed by atoms with Crippen LogP contribution < -0.4 is 5.32 Å². The van der Waals surface area contributed by atoms with Gasteiger partial charge in [-0.2, -0.15) is 17.5 Å². The van der Waals surface area contributed by atoms with Crippen LogP contribution in [0.2, 0.25) is 0 Å². The van der Waals surface area contributed by atoms with Crippen molar-refractivity contribution >= 4 is 15.9 Å². The Morgan fingerprint density at radius 3 is 2.56 bits per heavy atom. The second-order valence-corrected chi connectivity index (χ2v) is 6.50. The molecule has 5 nitrogen and oxygen atoms in total. The zero-order chi connectivity index (χ0) is 13.6. The molecule has 2 unspecified atom stereocenters. The van der Waals surface area contributed by atoms with Crippen LogP contribution in [-0.2, 0) is 14.8 Å². The minimum absolute atomic E-state index is 0.122. The molecule has 2 rings (SSSR count). The van der Waals surface area contributed by atoms with Crippen molar-refractivity contribution in [3.05, 3.63) is 0 Å². The fraction of sp³-hybridized carbons (Fsp3) is 0.889. The van der Waals surface area contributed by atoms with E-state index in [1.165, 1.54) is 0 Å². The van der Waals surface area contributed by atoms with Crippen molar-refractivity contribution in [1.82, 2.24) is 9.62 Å². The largest absolute Gasteiger partial charge is 0.511 e. The SMILES string of the molecule is O=C1CCC2CN(S(=O)(=O)C(F)(F)F)CCC2N1. The van der Waals surface area contributed by atoms with Crippen LogP contribution in [0, 0.1) is 5.92 Å². The molecule has 2 aliphatic heterocycles. The average Bonchev–Trinajstić information content (AvgIpc) is 2.26. The van der Waals surface area contributed by atoms with Gasteiger partial charge in [0.2, 0.25) is 5.91 Å². The van der Waals surface area contributed by atoms with Crippen LogP contribution in [0.15, 0.2) is 0 Å². The smallest absolute Gasteiger partial charge is 0.353 e. The highest BCUT2D eigenvalue weighted by Gasteiger charge is 2.52. The lowest BCUT2D eigenvalue weighted by molar-refractivity contribution is -0.125. The van der Waals surface area contributed by atoms with E-state index in [9.17, 15) is 26.4 Å². The van der Waals surface area contributed by atoms with Gasteiger partial charge in [0, 0.05) is 25.6 Å². The number of carbonyl (C=O) groups excluding carboxylic acids is 1. The number of amides is 1. The molecule has 0 aromatic rings. The predicted octanol–water partition coefficient (Wildman–Crippen LogP) is 0.437. The van der Waals surface area contributed by atoms with Gasteiger partial charge >= 0.3 is 15.5 Å². The number of hydrogen-bond acceptors (Lipinski definition) is 3. The molecule has 2 heterocycles. The molecule has 2 atom stereocenters. The maximum absolute atomic E-state index is 12.4. The van der Waals surface area contributed by atoms with E-state index in [0.717, 1.165) is 0 Å². The highest BCUT2D eigenvalue weighted by molar-refractivity contribution is 7.90. The van der Waals surface area contributed by atoms with Crippen LogP contribution in [-0.4, -0.2) is 43.3 Å². The Bertz CT molecular complexity index is 448. The standard InChI is InChI=1S/C9H13F3N2O3S/c10-9(11,12)18(16,17)14-4-3-7-6(5-14)1-2-8(15)13-7/h6-7H,1-5H2,(H,13,15). The topological polar surface area (TPSA) is 66.5 Å². The first-order valence-electron chi connectivity index (χ1n) is 5.57. The Hall–Kier alpha value is -0.830. The summed E-state index contributed by atoms with van der Waals surface area (Å²) < 4.78 is 60.2. The van der Waals surface area contributed by atoms with Gasteiger partial charge in [0.05, 0.1) is 0 Å². The second-order valence-electron chi connectivity index (χ2n) is 4.57. The molecule has 0 aromatic carbocycles. The highest BCUT2D eigenvalue weighted by Crippen LogP contribution is 2.32. The minimum atomic E-state index is -5.25. The molecule has 2 fully saturated rings. The van der Waals surface area contributed by atoms with E-state index in [4.69, 9.17) is 0 Å². The summed E-state index contributed by atoms with van der Waals surface area (Å²) in [6, 6.07) is -0.203. The van der Waals surface area contributed by atoms with Crippen molar-refractivity contribution in [2.24, 2.45) is 5.92 Å². The van der Waals surface area contributed by atoms with Crippen molar-refractivity contribution in [1.29, 1.82) is 0 Å². The lowest BCUT2D eigenvalue weighted by Gasteiger charge is -2.40. The number of piperidine rings is 2. The Morgan fingerprint density at radius 2 is 1.94 bits per heavy atom. The molecule has 2 saturated heterocycles. The number of halogens is 3. The monoisotopic (exact) mass is 286 g/mol. The molecule has 0 bridgehead atoms. The first-order valence-corrected chi connectivity index (χ1v) is 7.01. The molecule has 104 valence electrons. The summed E-state index contributed by atoms with van der Waals surface area (Å²) in [4.78, 5) is 11.1. The normalized spacial score (nSPS) is 30.7. The molecule has 2 aliphatic rings. The summed E-state index contributed by atoms with van der Waals surface area (Å²) in [7, 11) is -5.24. The third-order valence-electron chi connectivity index (χ3n) is 3.42. The fourth-order valence-corrected chi connectivity index (χ4v) is 3.47. The summed E-state index contributed by atoms with van der Waals surface area (Å²) in [6.07, 6.45) is 0.896. The molecular formula is C9H13F3N2O3S. The van der Waals surface area contributed by atoms with Gasteiger partial charge in [-0.3, -0.25) is 4.79 Å². The molecule has 1 N–H and O–H groups in total. The molecule has 0 aromatic heterocycles. The van der Waals surface area contributed by atoms with Gasteiger partial charge in [-0.25, -0.2) is 8.42 Å².